The molecule has 7 heteroatoms. The number of nitro groups is 1. The molecule has 166 valence electrons. The Bertz CT molecular complexity index is 1290. The molecule has 1 heterocycles. The molecule has 3 aromatic rings. The highest BCUT2D eigenvalue weighted by Gasteiger charge is 2.33. The number of amides is 1. The number of aliphatic imine (C=N–C) groups is 1. The van der Waals surface area contributed by atoms with Crippen LogP contribution in [0.3, 0.4) is 0 Å². The summed E-state index contributed by atoms with van der Waals surface area (Å²) >= 11 is 0. The second kappa shape index (κ2) is 8.70. The van der Waals surface area contributed by atoms with E-state index in [0.29, 0.717) is 17.1 Å². The van der Waals surface area contributed by atoms with E-state index in [9.17, 15) is 20.0 Å². The summed E-state index contributed by atoms with van der Waals surface area (Å²) in [6, 6.07) is 19.0. The number of rotatable bonds is 5. The van der Waals surface area contributed by atoms with Crippen LogP contribution in [0.4, 0.5) is 11.4 Å². The molecule has 1 aliphatic rings. The van der Waals surface area contributed by atoms with Crippen LogP contribution in [0.25, 0.3) is 6.08 Å². The van der Waals surface area contributed by atoms with Gasteiger partial charge in [-0.2, -0.15) is 4.99 Å². The molecule has 0 atom stereocenters. The molecule has 33 heavy (non-hydrogen) atoms. The fraction of sp³-hybridized carbons (Fsp3) is 0.154. The van der Waals surface area contributed by atoms with Crippen LogP contribution in [0.5, 0.6) is 5.75 Å². The zero-order chi connectivity index (χ0) is 23.7. The van der Waals surface area contributed by atoms with Gasteiger partial charge in [-0.3, -0.25) is 19.8 Å². The molecule has 0 bridgehead atoms. The predicted molar refractivity (Wildman–Crippen MR) is 128 cm³/mol. The lowest BCUT2D eigenvalue weighted by Crippen LogP contribution is -2.28. The average Bonchev–Trinajstić information content (AvgIpc) is 3.10. The van der Waals surface area contributed by atoms with Gasteiger partial charge in [-0.05, 0) is 59.9 Å². The Morgan fingerprint density at radius 1 is 1.06 bits per heavy atom. The smallest absolute Gasteiger partial charge is 0.296 e. The van der Waals surface area contributed by atoms with E-state index in [4.69, 9.17) is 0 Å². The Hall–Kier alpha value is -4.26. The molecule has 4 rings (SSSR count). The zero-order valence-corrected chi connectivity index (χ0v) is 18.5. The number of aromatic hydroxyl groups is 1. The minimum absolute atomic E-state index is 0.0241. The van der Waals surface area contributed by atoms with E-state index in [0.717, 1.165) is 22.4 Å². The average molecular weight is 441 g/mol. The van der Waals surface area contributed by atoms with Gasteiger partial charge in [-0.1, -0.05) is 44.2 Å². The van der Waals surface area contributed by atoms with Crippen molar-refractivity contribution in [3.05, 3.63) is 105 Å². The van der Waals surface area contributed by atoms with Crippen molar-refractivity contribution in [2.75, 3.05) is 4.90 Å². The Balaban J connectivity index is 1.89. The van der Waals surface area contributed by atoms with Gasteiger partial charge in [0.2, 0.25) is 0 Å². The molecule has 0 aromatic heterocycles. The van der Waals surface area contributed by atoms with Gasteiger partial charge >= 0.3 is 0 Å². The molecule has 0 aliphatic carbocycles. The number of aryl methyl sites for hydroxylation is 1. The van der Waals surface area contributed by atoms with E-state index >= 15 is 0 Å². The molecule has 0 saturated heterocycles. The van der Waals surface area contributed by atoms with Crippen molar-refractivity contribution in [2.24, 2.45) is 4.99 Å². The van der Waals surface area contributed by atoms with Crippen LogP contribution in [0.2, 0.25) is 0 Å². The summed E-state index contributed by atoms with van der Waals surface area (Å²) in [6.07, 6.45) is 1.67. The molecule has 1 aliphatic heterocycles. The summed E-state index contributed by atoms with van der Waals surface area (Å²) in [5.74, 6) is 0.348. The SMILES string of the molecule is Cc1cc(O)c(C(C)C)cc1N1C(c2ccccc2)=NC(=O)/C1=C\c1ccc([N+](=O)[O-])cc1. The number of nitro benzene ring substituents is 1. The van der Waals surface area contributed by atoms with Crippen LogP contribution in [-0.4, -0.2) is 21.8 Å². The van der Waals surface area contributed by atoms with Crippen LogP contribution >= 0.6 is 0 Å². The number of benzene rings is 3. The van der Waals surface area contributed by atoms with Gasteiger partial charge in [0.15, 0.2) is 0 Å². The van der Waals surface area contributed by atoms with E-state index in [1.54, 1.807) is 29.2 Å². The van der Waals surface area contributed by atoms with Crippen molar-refractivity contribution in [3.63, 3.8) is 0 Å². The van der Waals surface area contributed by atoms with Crippen molar-refractivity contribution in [1.29, 1.82) is 0 Å². The zero-order valence-electron chi connectivity index (χ0n) is 18.5. The van der Waals surface area contributed by atoms with Crippen molar-refractivity contribution < 1.29 is 14.8 Å². The number of amidine groups is 1. The summed E-state index contributed by atoms with van der Waals surface area (Å²) in [6.45, 7) is 5.85. The minimum Gasteiger partial charge on any atom is -0.508 e. The molecule has 1 amide bonds. The van der Waals surface area contributed by atoms with Gasteiger partial charge < -0.3 is 5.11 Å². The fourth-order valence-electron chi connectivity index (χ4n) is 3.82. The second-order valence-electron chi connectivity index (χ2n) is 8.17. The lowest BCUT2D eigenvalue weighted by Gasteiger charge is -2.25. The molecular formula is C26H23N3O4. The number of carbonyl (C=O) groups is 1. The third-order valence-electron chi connectivity index (χ3n) is 5.53. The summed E-state index contributed by atoms with van der Waals surface area (Å²) in [5.41, 5.74) is 3.99. The maximum atomic E-state index is 13.1. The second-order valence-corrected chi connectivity index (χ2v) is 8.17. The number of hydrogen-bond acceptors (Lipinski definition) is 5. The Morgan fingerprint density at radius 2 is 1.73 bits per heavy atom. The molecule has 0 spiro atoms. The lowest BCUT2D eigenvalue weighted by atomic mass is 9.98. The first-order valence-electron chi connectivity index (χ1n) is 10.5. The largest absolute Gasteiger partial charge is 0.508 e. The van der Waals surface area contributed by atoms with Crippen LogP contribution in [-0.2, 0) is 4.79 Å². The molecule has 0 unspecified atom stereocenters. The highest BCUT2D eigenvalue weighted by atomic mass is 16.6. The van der Waals surface area contributed by atoms with Crippen molar-refractivity contribution in [3.8, 4) is 5.75 Å². The highest BCUT2D eigenvalue weighted by Crippen LogP contribution is 2.37. The van der Waals surface area contributed by atoms with Gasteiger partial charge in [0, 0.05) is 17.7 Å². The van der Waals surface area contributed by atoms with Crippen LogP contribution < -0.4 is 4.90 Å². The van der Waals surface area contributed by atoms with E-state index in [1.807, 2.05) is 57.2 Å². The standard InChI is InChI=1S/C26H23N3O4/c1-16(2)21-15-22(17(3)13-24(21)30)28-23(14-18-9-11-20(12-10-18)29(32)33)26(31)27-25(28)19-7-5-4-6-8-19/h4-16,30H,1-3H3/b23-14+. The molecule has 0 saturated carbocycles. The fourth-order valence-corrected chi connectivity index (χ4v) is 3.82. The third kappa shape index (κ3) is 4.25. The van der Waals surface area contributed by atoms with E-state index in [1.165, 1.54) is 12.1 Å². The topological polar surface area (TPSA) is 96.0 Å². The Labute approximate surface area is 191 Å². The Morgan fingerprint density at radius 3 is 2.33 bits per heavy atom. The molecule has 1 N–H and O–H groups in total. The van der Waals surface area contributed by atoms with Gasteiger partial charge in [-0.25, -0.2) is 0 Å². The quantitative estimate of drug-likeness (QED) is 0.317. The first kappa shape index (κ1) is 22.0. The van der Waals surface area contributed by atoms with Crippen molar-refractivity contribution in [2.45, 2.75) is 26.7 Å². The minimum atomic E-state index is -0.464. The van der Waals surface area contributed by atoms with Crippen LogP contribution in [0.1, 0.15) is 42.0 Å². The number of phenols is 1. The summed E-state index contributed by atoms with van der Waals surface area (Å²) in [7, 11) is 0. The number of non-ortho nitro benzene ring substituents is 1. The first-order valence-corrected chi connectivity index (χ1v) is 10.5. The molecule has 0 fully saturated rings. The maximum absolute atomic E-state index is 13.1. The molecular weight excluding hydrogens is 418 g/mol. The number of nitrogens with zero attached hydrogens (tertiary/aromatic N) is 3. The summed E-state index contributed by atoms with van der Waals surface area (Å²) < 4.78 is 0. The summed E-state index contributed by atoms with van der Waals surface area (Å²) in [4.78, 5) is 29.7. The molecule has 0 radical (unpaired) electrons. The van der Waals surface area contributed by atoms with Crippen LogP contribution in [0.15, 0.2) is 77.4 Å². The van der Waals surface area contributed by atoms with Crippen molar-refractivity contribution in [1.82, 2.24) is 0 Å². The maximum Gasteiger partial charge on any atom is 0.296 e. The van der Waals surface area contributed by atoms with Gasteiger partial charge in [0.05, 0.1) is 10.6 Å². The lowest BCUT2D eigenvalue weighted by molar-refractivity contribution is -0.384. The van der Waals surface area contributed by atoms with Gasteiger partial charge in [0.25, 0.3) is 11.6 Å². The number of phenolic OH excluding ortho intramolecular Hbond substituents is 1. The van der Waals surface area contributed by atoms with Crippen molar-refractivity contribution >= 4 is 29.2 Å². The molecule has 3 aromatic carbocycles. The van der Waals surface area contributed by atoms with E-state index < -0.39 is 10.8 Å². The van der Waals surface area contributed by atoms with Crippen LogP contribution in [0, 0.1) is 17.0 Å². The predicted octanol–water partition coefficient (Wildman–Crippen LogP) is 5.57. The number of carbonyl (C=O) groups excluding carboxylic acids is 1. The van der Waals surface area contributed by atoms with E-state index in [2.05, 4.69) is 4.99 Å². The normalized spacial score (nSPS) is 14.8. The number of hydrogen-bond donors (Lipinski definition) is 1. The number of anilines is 1. The van der Waals surface area contributed by atoms with Gasteiger partial charge in [-0.15, -0.1) is 0 Å². The van der Waals surface area contributed by atoms with Gasteiger partial charge in [0.1, 0.15) is 17.3 Å². The highest BCUT2D eigenvalue weighted by molar-refractivity contribution is 6.28. The first-order chi connectivity index (χ1) is 15.8. The monoisotopic (exact) mass is 441 g/mol. The molecule has 7 nitrogen and oxygen atoms in total. The Kier molecular flexibility index (Phi) is 5.79. The third-order valence-corrected chi connectivity index (χ3v) is 5.53. The summed E-state index contributed by atoms with van der Waals surface area (Å²) in [5, 5.41) is 21.4. The van der Waals surface area contributed by atoms with E-state index in [-0.39, 0.29) is 17.4 Å².